The molecule has 0 spiro atoms. The largest absolute Gasteiger partial charge is 0.507 e. The minimum atomic E-state index is -0.343. The van der Waals surface area contributed by atoms with Crippen molar-refractivity contribution < 1.29 is 14.6 Å². The van der Waals surface area contributed by atoms with E-state index in [0.717, 1.165) is 25.9 Å². The summed E-state index contributed by atoms with van der Waals surface area (Å²) < 4.78 is 5.24. The summed E-state index contributed by atoms with van der Waals surface area (Å²) in [5.41, 5.74) is 7.09. The van der Waals surface area contributed by atoms with E-state index < -0.39 is 0 Å². The average Bonchev–Trinajstić information content (AvgIpc) is 3.01. The summed E-state index contributed by atoms with van der Waals surface area (Å²) in [6.07, 6.45) is 2.82. The smallest absolute Gasteiger partial charge is 0.258 e. The van der Waals surface area contributed by atoms with Crippen molar-refractivity contribution in [3.8, 4) is 11.5 Å². The number of rotatable bonds is 6. The van der Waals surface area contributed by atoms with Crippen LogP contribution in [-0.2, 0) is 6.42 Å². The molecule has 0 aliphatic carbocycles. The predicted octanol–water partition coefficient (Wildman–Crippen LogP) is 1.76. The van der Waals surface area contributed by atoms with Crippen LogP contribution in [0.4, 0.5) is 5.69 Å². The number of carbonyl (C=O) groups excluding carboxylic acids is 1. The van der Waals surface area contributed by atoms with Crippen LogP contribution in [0.1, 0.15) is 42.6 Å². The number of hydrogen-bond acceptors (Lipinski definition) is 5. The summed E-state index contributed by atoms with van der Waals surface area (Å²) in [7, 11) is 1.45. The summed E-state index contributed by atoms with van der Waals surface area (Å²) in [5, 5.41) is 13.3. The Hall–Kier alpha value is -1.95. The number of methoxy groups -OCH3 is 1. The van der Waals surface area contributed by atoms with Crippen molar-refractivity contribution in [3.05, 3.63) is 17.2 Å². The molecule has 0 saturated carbocycles. The Balaban J connectivity index is 2.19. The molecule has 1 amide bonds. The monoisotopic (exact) mass is 321 g/mol. The van der Waals surface area contributed by atoms with Gasteiger partial charge in [0.05, 0.1) is 12.8 Å². The highest BCUT2D eigenvalue weighted by Crippen LogP contribution is 2.37. The highest BCUT2D eigenvalue weighted by Gasteiger charge is 2.26. The first-order chi connectivity index (χ1) is 11.0. The van der Waals surface area contributed by atoms with Crippen LogP contribution in [-0.4, -0.2) is 48.7 Å². The van der Waals surface area contributed by atoms with Gasteiger partial charge >= 0.3 is 0 Å². The van der Waals surface area contributed by atoms with Crippen LogP contribution >= 0.6 is 0 Å². The zero-order valence-electron chi connectivity index (χ0n) is 14.2. The number of nitrogens with one attached hydrogen (secondary N) is 1. The molecule has 1 aromatic rings. The SMILES string of the molecule is CCc1cc(N)c(OC)c(C(=O)NC[C@@H]2CCCN2CC)c1O. The van der Waals surface area contributed by atoms with Crippen LogP contribution in [0.5, 0.6) is 11.5 Å². The first-order valence-electron chi connectivity index (χ1n) is 8.23. The van der Waals surface area contributed by atoms with E-state index >= 15 is 0 Å². The van der Waals surface area contributed by atoms with Crippen LogP contribution in [0.15, 0.2) is 6.07 Å². The second-order valence-electron chi connectivity index (χ2n) is 5.87. The number of nitrogen functional groups attached to an aromatic ring is 1. The van der Waals surface area contributed by atoms with Gasteiger partial charge in [-0.1, -0.05) is 13.8 Å². The van der Waals surface area contributed by atoms with Crippen LogP contribution in [0, 0.1) is 0 Å². The molecule has 128 valence electrons. The molecule has 23 heavy (non-hydrogen) atoms. The first kappa shape index (κ1) is 17.4. The molecule has 1 heterocycles. The third kappa shape index (κ3) is 3.52. The van der Waals surface area contributed by atoms with Gasteiger partial charge in [-0.05, 0) is 44.0 Å². The average molecular weight is 321 g/mol. The molecule has 1 atom stereocenters. The van der Waals surface area contributed by atoms with Crippen molar-refractivity contribution >= 4 is 11.6 Å². The fourth-order valence-electron chi connectivity index (χ4n) is 3.28. The van der Waals surface area contributed by atoms with Crippen molar-refractivity contribution in [2.24, 2.45) is 0 Å². The summed E-state index contributed by atoms with van der Waals surface area (Å²) >= 11 is 0. The molecule has 0 bridgehead atoms. The van der Waals surface area contributed by atoms with Crippen LogP contribution in [0.25, 0.3) is 0 Å². The number of aromatic hydroxyl groups is 1. The minimum Gasteiger partial charge on any atom is -0.507 e. The zero-order valence-corrected chi connectivity index (χ0v) is 14.2. The van der Waals surface area contributed by atoms with Crippen molar-refractivity contribution in [2.75, 3.05) is 32.5 Å². The lowest BCUT2D eigenvalue weighted by molar-refractivity contribution is 0.0935. The Morgan fingerprint density at radius 2 is 2.26 bits per heavy atom. The van der Waals surface area contributed by atoms with Gasteiger partial charge in [0.15, 0.2) is 5.75 Å². The number of amides is 1. The number of phenolic OH excluding ortho intramolecular Hbond substituents is 1. The van der Waals surface area contributed by atoms with E-state index in [9.17, 15) is 9.90 Å². The number of phenols is 1. The molecule has 6 heteroatoms. The van der Waals surface area contributed by atoms with Gasteiger partial charge in [0.2, 0.25) is 0 Å². The Labute approximate surface area is 137 Å². The maximum atomic E-state index is 12.6. The molecule has 1 aliphatic rings. The minimum absolute atomic E-state index is 0.0465. The van der Waals surface area contributed by atoms with E-state index in [1.54, 1.807) is 6.07 Å². The lowest BCUT2D eigenvalue weighted by Crippen LogP contribution is -2.40. The lowest BCUT2D eigenvalue weighted by Gasteiger charge is -2.23. The van der Waals surface area contributed by atoms with Gasteiger partial charge in [0.25, 0.3) is 5.91 Å². The van der Waals surface area contributed by atoms with Gasteiger partial charge in [-0.3, -0.25) is 9.69 Å². The molecule has 2 rings (SSSR count). The Morgan fingerprint density at radius 3 is 2.87 bits per heavy atom. The molecule has 0 radical (unpaired) electrons. The lowest BCUT2D eigenvalue weighted by atomic mass is 10.0. The summed E-state index contributed by atoms with van der Waals surface area (Å²) in [4.78, 5) is 14.9. The molecule has 0 unspecified atom stereocenters. The van der Waals surface area contributed by atoms with Crippen LogP contribution in [0.3, 0.4) is 0 Å². The maximum Gasteiger partial charge on any atom is 0.258 e. The second-order valence-corrected chi connectivity index (χ2v) is 5.87. The molecule has 1 saturated heterocycles. The second kappa shape index (κ2) is 7.55. The third-order valence-electron chi connectivity index (χ3n) is 4.58. The van der Waals surface area contributed by atoms with Gasteiger partial charge in [0, 0.05) is 12.6 Å². The molecular formula is C17H27N3O3. The number of nitrogens with zero attached hydrogens (tertiary/aromatic N) is 1. The number of aryl methyl sites for hydroxylation is 1. The normalized spacial score (nSPS) is 18.1. The number of nitrogens with two attached hydrogens (primary N) is 1. The highest BCUT2D eigenvalue weighted by molar-refractivity contribution is 6.01. The van der Waals surface area contributed by atoms with Crippen LogP contribution < -0.4 is 15.8 Å². The number of ether oxygens (including phenoxy) is 1. The summed E-state index contributed by atoms with van der Waals surface area (Å²) in [6, 6.07) is 2.00. The molecule has 1 aromatic carbocycles. The summed E-state index contributed by atoms with van der Waals surface area (Å²) in [5.74, 6) is -0.157. The zero-order chi connectivity index (χ0) is 17.0. The molecule has 0 aromatic heterocycles. The molecular weight excluding hydrogens is 294 g/mol. The number of hydrogen-bond donors (Lipinski definition) is 3. The quantitative estimate of drug-likeness (QED) is 0.549. The Morgan fingerprint density at radius 1 is 1.52 bits per heavy atom. The van der Waals surface area contributed by atoms with Crippen molar-refractivity contribution in [1.29, 1.82) is 0 Å². The van der Waals surface area contributed by atoms with Gasteiger partial charge < -0.3 is 20.9 Å². The highest BCUT2D eigenvalue weighted by atomic mass is 16.5. The Bertz CT molecular complexity index is 575. The van der Waals surface area contributed by atoms with E-state index in [0.29, 0.717) is 30.3 Å². The fourth-order valence-corrected chi connectivity index (χ4v) is 3.28. The van der Waals surface area contributed by atoms with E-state index in [1.807, 2.05) is 6.92 Å². The molecule has 1 fully saturated rings. The maximum absolute atomic E-state index is 12.6. The first-order valence-corrected chi connectivity index (χ1v) is 8.23. The predicted molar refractivity (Wildman–Crippen MR) is 91.1 cm³/mol. The molecule has 1 aliphatic heterocycles. The van der Waals surface area contributed by atoms with Gasteiger partial charge in [-0.15, -0.1) is 0 Å². The van der Waals surface area contributed by atoms with E-state index in [-0.39, 0.29) is 23.0 Å². The number of likely N-dealkylation sites (N-methyl/N-ethyl adjacent to an activating group) is 1. The number of anilines is 1. The fraction of sp³-hybridized carbons (Fsp3) is 0.588. The topological polar surface area (TPSA) is 87.8 Å². The van der Waals surface area contributed by atoms with Crippen molar-refractivity contribution in [1.82, 2.24) is 10.2 Å². The number of likely N-dealkylation sites (tertiary alicyclic amines) is 1. The van der Waals surface area contributed by atoms with Crippen molar-refractivity contribution in [2.45, 2.75) is 39.2 Å². The van der Waals surface area contributed by atoms with Gasteiger partial charge in [-0.2, -0.15) is 0 Å². The molecule has 6 nitrogen and oxygen atoms in total. The number of carbonyl (C=O) groups is 1. The number of benzene rings is 1. The van der Waals surface area contributed by atoms with Gasteiger partial charge in [-0.25, -0.2) is 0 Å². The third-order valence-corrected chi connectivity index (χ3v) is 4.58. The van der Waals surface area contributed by atoms with Crippen molar-refractivity contribution in [3.63, 3.8) is 0 Å². The van der Waals surface area contributed by atoms with Gasteiger partial charge in [0.1, 0.15) is 11.3 Å². The van der Waals surface area contributed by atoms with Crippen LogP contribution in [0.2, 0.25) is 0 Å². The van der Waals surface area contributed by atoms with E-state index in [1.165, 1.54) is 7.11 Å². The van der Waals surface area contributed by atoms with E-state index in [2.05, 4.69) is 17.1 Å². The Kier molecular flexibility index (Phi) is 5.71. The molecule has 4 N–H and O–H groups in total. The summed E-state index contributed by atoms with van der Waals surface area (Å²) in [6.45, 7) is 6.64. The standard InChI is InChI=1S/C17H27N3O3/c1-4-11-9-13(18)16(23-3)14(15(11)21)17(22)19-10-12-7-6-8-20(12)5-2/h9,12,21H,4-8,10,18H2,1-3H3,(H,19,22)/t12-/m0/s1. The van der Waals surface area contributed by atoms with E-state index in [4.69, 9.17) is 10.5 Å².